The van der Waals surface area contributed by atoms with Gasteiger partial charge >= 0.3 is 0 Å². The number of ether oxygens (including phenoxy) is 1. The zero-order valence-electron chi connectivity index (χ0n) is 8.99. The van der Waals surface area contributed by atoms with E-state index in [9.17, 15) is 5.11 Å². The maximum atomic E-state index is 9.27. The number of rotatable bonds is 5. The first-order valence-electron chi connectivity index (χ1n) is 5.25. The van der Waals surface area contributed by atoms with E-state index in [-0.39, 0.29) is 12.0 Å². The largest absolute Gasteiger partial charge is 0.396 e. The Kier molecular flexibility index (Phi) is 4.30. The average Bonchev–Trinajstić information content (AvgIpc) is 2.25. The summed E-state index contributed by atoms with van der Waals surface area (Å²) in [4.78, 5) is 0. The molecule has 4 heteroatoms. The van der Waals surface area contributed by atoms with Gasteiger partial charge in [0.05, 0.1) is 19.8 Å². The number of aliphatic hydroxyl groups is 1. The van der Waals surface area contributed by atoms with E-state index in [0.29, 0.717) is 13.2 Å². The Balaban J connectivity index is 1.77. The first kappa shape index (κ1) is 12.4. The number of aliphatic hydroxyl groups excluding tert-OH is 1. The molecule has 0 amide bonds. The van der Waals surface area contributed by atoms with Gasteiger partial charge in [0.25, 0.3) is 0 Å². The third-order valence-electron chi connectivity index (χ3n) is 2.74. The summed E-state index contributed by atoms with van der Waals surface area (Å²) in [6.45, 7) is 1.65. The molecule has 0 radical (unpaired) electrons. The van der Waals surface area contributed by atoms with Crippen molar-refractivity contribution in [1.82, 2.24) is 0 Å². The van der Waals surface area contributed by atoms with E-state index in [0.717, 1.165) is 16.0 Å². The molecule has 0 unspecified atom stereocenters. The summed E-state index contributed by atoms with van der Waals surface area (Å²) in [7, 11) is 0. The number of hydrogen-bond donors (Lipinski definition) is 1. The van der Waals surface area contributed by atoms with Crippen LogP contribution in [0.5, 0.6) is 0 Å². The molecular weight excluding hydrogens is 288 g/mol. The number of halogens is 1. The van der Waals surface area contributed by atoms with Gasteiger partial charge in [-0.1, -0.05) is 28.1 Å². The minimum absolute atomic E-state index is 0.0278. The Hall–Kier alpha value is -0.0300. The first-order valence-corrected chi connectivity index (χ1v) is 7.20. The van der Waals surface area contributed by atoms with Crippen molar-refractivity contribution < 1.29 is 9.84 Å². The smallest absolute Gasteiger partial charge is 0.0575 e. The van der Waals surface area contributed by atoms with E-state index in [4.69, 9.17) is 4.74 Å². The third-order valence-corrected chi connectivity index (χ3v) is 4.62. The second kappa shape index (κ2) is 5.54. The molecule has 2 rings (SSSR count). The molecule has 0 atom stereocenters. The Bertz CT molecular complexity index is 330. The summed E-state index contributed by atoms with van der Waals surface area (Å²) in [6, 6.07) is 8.37. The lowest BCUT2D eigenvalue weighted by atomic mass is 9.90. The van der Waals surface area contributed by atoms with Gasteiger partial charge in [0.15, 0.2) is 0 Å². The van der Waals surface area contributed by atoms with Crippen molar-refractivity contribution >= 4 is 27.7 Å². The molecule has 1 saturated heterocycles. The number of thioether (sulfide) groups is 1. The van der Waals surface area contributed by atoms with Crippen LogP contribution in [0, 0.1) is 5.41 Å². The minimum Gasteiger partial charge on any atom is -0.396 e. The van der Waals surface area contributed by atoms with Crippen molar-refractivity contribution in [1.29, 1.82) is 0 Å². The van der Waals surface area contributed by atoms with Gasteiger partial charge in [-0.2, -0.15) is 11.8 Å². The maximum Gasteiger partial charge on any atom is 0.0575 e. The molecule has 0 aliphatic carbocycles. The summed E-state index contributed by atoms with van der Waals surface area (Å²) in [5.41, 5.74) is 1.35. The van der Waals surface area contributed by atoms with E-state index >= 15 is 0 Å². The Morgan fingerprint density at radius 2 is 2.00 bits per heavy atom. The molecule has 1 aromatic carbocycles. The van der Waals surface area contributed by atoms with Crippen molar-refractivity contribution in [2.45, 2.75) is 5.75 Å². The lowest BCUT2D eigenvalue weighted by Gasteiger charge is -2.39. The molecule has 0 aromatic heterocycles. The van der Waals surface area contributed by atoms with E-state index in [1.807, 2.05) is 11.8 Å². The molecule has 1 heterocycles. The van der Waals surface area contributed by atoms with Crippen LogP contribution >= 0.6 is 27.7 Å². The minimum atomic E-state index is 0.0278. The molecule has 0 bridgehead atoms. The van der Waals surface area contributed by atoms with Gasteiger partial charge in [0.1, 0.15) is 0 Å². The fourth-order valence-corrected chi connectivity index (χ4v) is 3.06. The predicted octanol–water partition coefficient (Wildman–Crippen LogP) is 2.69. The van der Waals surface area contributed by atoms with Crippen molar-refractivity contribution in [3.05, 3.63) is 34.3 Å². The standard InChI is InChI=1S/C12H15BrO2S/c13-11-3-1-10(2-4-11)5-16-9-12(6-14)7-15-8-12/h1-4,14H,5-9H2. The molecular formula is C12H15BrO2S. The second-order valence-corrected chi connectivity index (χ2v) is 6.17. The molecule has 1 fully saturated rings. The number of benzene rings is 1. The Morgan fingerprint density at radius 1 is 1.31 bits per heavy atom. The van der Waals surface area contributed by atoms with E-state index < -0.39 is 0 Å². The van der Waals surface area contributed by atoms with Gasteiger partial charge in [-0.25, -0.2) is 0 Å². The Morgan fingerprint density at radius 3 is 2.50 bits per heavy atom. The molecule has 0 saturated carbocycles. The lowest BCUT2D eigenvalue weighted by molar-refractivity contribution is -0.121. The summed E-state index contributed by atoms with van der Waals surface area (Å²) >= 11 is 5.28. The van der Waals surface area contributed by atoms with Crippen molar-refractivity contribution in [2.24, 2.45) is 5.41 Å². The van der Waals surface area contributed by atoms with Gasteiger partial charge in [0, 0.05) is 21.4 Å². The van der Waals surface area contributed by atoms with Crippen LogP contribution in [0.2, 0.25) is 0 Å². The average molecular weight is 303 g/mol. The molecule has 1 N–H and O–H groups in total. The molecule has 1 aliphatic rings. The monoisotopic (exact) mass is 302 g/mol. The first-order chi connectivity index (χ1) is 7.74. The highest BCUT2D eigenvalue weighted by Crippen LogP contribution is 2.32. The summed E-state index contributed by atoms with van der Waals surface area (Å²) in [5.74, 6) is 1.97. The molecule has 16 heavy (non-hydrogen) atoms. The van der Waals surface area contributed by atoms with Crippen LogP contribution in [0.15, 0.2) is 28.7 Å². The van der Waals surface area contributed by atoms with Crippen LogP contribution in [-0.2, 0) is 10.5 Å². The normalized spacial score (nSPS) is 18.1. The van der Waals surface area contributed by atoms with Crippen molar-refractivity contribution in [3.8, 4) is 0 Å². The van der Waals surface area contributed by atoms with E-state index in [1.165, 1.54) is 5.56 Å². The highest BCUT2D eigenvalue weighted by molar-refractivity contribution is 9.10. The van der Waals surface area contributed by atoms with Gasteiger partial charge < -0.3 is 9.84 Å². The topological polar surface area (TPSA) is 29.5 Å². The summed E-state index contributed by atoms with van der Waals surface area (Å²) in [6.07, 6.45) is 0. The van der Waals surface area contributed by atoms with Gasteiger partial charge in [-0.3, -0.25) is 0 Å². The van der Waals surface area contributed by atoms with Crippen LogP contribution < -0.4 is 0 Å². The Labute approximate surface area is 109 Å². The highest BCUT2D eigenvalue weighted by Gasteiger charge is 2.37. The molecule has 88 valence electrons. The van der Waals surface area contributed by atoms with Crippen molar-refractivity contribution in [3.63, 3.8) is 0 Å². The van der Waals surface area contributed by atoms with Gasteiger partial charge in [-0.15, -0.1) is 0 Å². The van der Waals surface area contributed by atoms with Crippen molar-refractivity contribution in [2.75, 3.05) is 25.6 Å². The second-order valence-electron chi connectivity index (χ2n) is 4.27. The van der Waals surface area contributed by atoms with Crippen LogP contribution in [0.25, 0.3) is 0 Å². The van der Waals surface area contributed by atoms with E-state index in [1.54, 1.807) is 0 Å². The SMILES string of the molecule is OCC1(CSCc2ccc(Br)cc2)COC1. The fraction of sp³-hybridized carbons (Fsp3) is 0.500. The molecule has 2 nitrogen and oxygen atoms in total. The predicted molar refractivity (Wildman–Crippen MR) is 70.6 cm³/mol. The third kappa shape index (κ3) is 3.00. The summed E-state index contributed by atoms with van der Waals surface area (Å²) < 4.78 is 6.28. The van der Waals surface area contributed by atoms with Crippen LogP contribution in [-0.4, -0.2) is 30.7 Å². The zero-order chi connectivity index (χ0) is 11.4. The fourth-order valence-electron chi connectivity index (χ4n) is 1.58. The van der Waals surface area contributed by atoms with Gasteiger partial charge in [0.2, 0.25) is 0 Å². The summed E-state index contributed by atoms with van der Waals surface area (Å²) in [5, 5.41) is 9.27. The molecule has 0 spiro atoms. The zero-order valence-corrected chi connectivity index (χ0v) is 11.4. The molecule has 1 aliphatic heterocycles. The molecule has 1 aromatic rings. The van der Waals surface area contributed by atoms with Crippen LogP contribution in [0.3, 0.4) is 0 Å². The maximum absolute atomic E-state index is 9.27. The quantitative estimate of drug-likeness (QED) is 0.907. The lowest BCUT2D eigenvalue weighted by Crippen LogP contribution is -2.47. The van der Waals surface area contributed by atoms with Crippen LogP contribution in [0.1, 0.15) is 5.56 Å². The number of hydrogen-bond acceptors (Lipinski definition) is 3. The van der Waals surface area contributed by atoms with Crippen LogP contribution in [0.4, 0.5) is 0 Å². The van der Waals surface area contributed by atoms with E-state index in [2.05, 4.69) is 40.2 Å². The highest BCUT2D eigenvalue weighted by atomic mass is 79.9. The van der Waals surface area contributed by atoms with Gasteiger partial charge in [-0.05, 0) is 17.7 Å².